The Morgan fingerprint density at radius 2 is 2.32 bits per heavy atom. The molecule has 0 bridgehead atoms. The van der Waals surface area contributed by atoms with Gasteiger partial charge in [0.1, 0.15) is 17.7 Å². The minimum Gasteiger partial charge on any atom is -0.472 e. The third kappa shape index (κ3) is 4.32. The van der Waals surface area contributed by atoms with Crippen LogP contribution in [0.2, 0.25) is 0 Å². The molecule has 146 valence electrons. The smallest absolute Gasteiger partial charge is 0.232 e. The summed E-state index contributed by atoms with van der Waals surface area (Å²) in [5, 5.41) is 12.8. The average Bonchev–Trinajstić information content (AvgIpc) is 3.30. The number of carbonyl (C=O) groups excluding carboxylic acids is 1. The zero-order valence-corrected chi connectivity index (χ0v) is 16.7. The number of ether oxygens (including phenoxy) is 1. The van der Waals surface area contributed by atoms with Gasteiger partial charge >= 0.3 is 0 Å². The molecule has 7 nitrogen and oxygen atoms in total. The van der Waals surface area contributed by atoms with Crippen LogP contribution in [0, 0.1) is 11.3 Å². The van der Waals surface area contributed by atoms with E-state index < -0.39 is 0 Å². The second-order valence-corrected chi connectivity index (χ2v) is 8.46. The quantitative estimate of drug-likeness (QED) is 0.834. The number of anilines is 1. The van der Waals surface area contributed by atoms with E-state index in [0.29, 0.717) is 16.6 Å². The highest BCUT2D eigenvalue weighted by atomic mass is 32.1. The van der Waals surface area contributed by atoms with Gasteiger partial charge < -0.3 is 10.1 Å². The van der Waals surface area contributed by atoms with E-state index in [1.165, 1.54) is 30.2 Å². The summed E-state index contributed by atoms with van der Waals surface area (Å²) in [5.74, 6) is 0.377. The number of hydrogen-bond donors (Lipinski definition) is 1. The molecule has 1 aliphatic carbocycles. The monoisotopic (exact) mass is 397 g/mol. The van der Waals surface area contributed by atoms with E-state index in [-0.39, 0.29) is 12.0 Å². The second-order valence-electron chi connectivity index (χ2n) is 7.34. The van der Waals surface area contributed by atoms with Crippen molar-refractivity contribution >= 4 is 22.4 Å². The average molecular weight is 398 g/mol. The Balaban J connectivity index is 1.38. The lowest BCUT2D eigenvalue weighted by Crippen LogP contribution is -2.25. The highest BCUT2D eigenvalue weighted by Gasteiger charge is 2.26. The molecule has 2 aliphatic rings. The molecular formula is C20H23N5O2S. The molecular weight excluding hydrogens is 374 g/mol. The Hall–Kier alpha value is -2.50. The van der Waals surface area contributed by atoms with Crippen LogP contribution in [0.15, 0.2) is 12.3 Å². The number of aryl methyl sites for hydroxylation is 2. The minimum atomic E-state index is -0.110. The van der Waals surface area contributed by atoms with Gasteiger partial charge in [0.15, 0.2) is 5.13 Å². The fourth-order valence-electron chi connectivity index (χ4n) is 3.79. The fourth-order valence-corrected chi connectivity index (χ4v) is 4.69. The van der Waals surface area contributed by atoms with Crippen LogP contribution >= 0.6 is 11.3 Å². The Morgan fingerprint density at radius 3 is 3.14 bits per heavy atom. The number of aromatic nitrogens is 2. The predicted octanol–water partition coefficient (Wildman–Crippen LogP) is 2.90. The lowest BCUT2D eigenvalue weighted by Gasteiger charge is -2.19. The fraction of sp³-hybridized carbons (Fsp3) is 0.500. The summed E-state index contributed by atoms with van der Waals surface area (Å²) in [6.45, 7) is 3.97. The number of nitrogens with one attached hydrogen (secondary N) is 1. The zero-order valence-electron chi connectivity index (χ0n) is 15.9. The first kappa shape index (κ1) is 18.8. The third-order valence-electron chi connectivity index (χ3n) is 5.11. The summed E-state index contributed by atoms with van der Waals surface area (Å²) in [5.41, 5.74) is 2.83. The Bertz CT molecular complexity index is 920. The molecule has 0 spiro atoms. The topological polar surface area (TPSA) is 91.1 Å². The number of fused-ring (bicyclic) bond motifs is 1. The lowest BCUT2D eigenvalue weighted by atomic mass is 9.95. The zero-order chi connectivity index (χ0) is 19.5. The summed E-state index contributed by atoms with van der Waals surface area (Å²) in [6.07, 6.45) is 7.03. The van der Waals surface area contributed by atoms with Crippen LogP contribution in [0.5, 0.6) is 5.88 Å². The van der Waals surface area contributed by atoms with Gasteiger partial charge in [0, 0.05) is 43.3 Å². The maximum absolute atomic E-state index is 11.1. The molecule has 2 aromatic rings. The van der Waals surface area contributed by atoms with Crippen LogP contribution in [-0.2, 0) is 24.2 Å². The van der Waals surface area contributed by atoms with Gasteiger partial charge in [-0.15, -0.1) is 11.3 Å². The van der Waals surface area contributed by atoms with E-state index in [1.54, 1.807) is 0 Å². The first-order valence-corrected chi connectivity index (χ1v) is 10.5. The van der Waals surface area contributed by atoms with Crippen molar-refractivity contribution in [2.24, 2.45) is 0 Å². The van der Waals surface area contributed by atoms with E-state index in [1.807, 2.05) is 12.3 Å². The summed E-state index contributed by atoms with van der Waals surface area (Å²) in [7, 11) is 0. The molecule has 28 heavy (non-hydrogen) atoms. The van der Waals surface area contributed by atoms with Crippen molar-refractivity contribution < 1.29 is 9.53 Å². The molecule has 3 heterocycles. The number of rotatable bonds is 5. The molecule has 0 unspecified atom stereocenters. The van der Waals surface area contributed by atoms with E-state index in [4.69, 9.17) is 4.74 Å². The number of amides is 1. The van der Waals surface area contributed by atoms with Gasteiger partial charge in [-0.1, -0.05) is 0 Å². The minimum absolute atomic E-state index is 0.0315. The lowest BCUT2D eigenvalue weighted by molar-refractivity contribution is -0.114. The molecule has 1 N–H and O–H groups in total. The largest absolute Gasteiger partial charge is 0.472 e. The molecule has 0 radical (unpaired) electrons. The third-order valence-corrected chi connectivity index (χ3v) is 6.01. The van der Waals surface area contributed by atoms with Gasteiger partial charge in [-0.2, -0.15) is 5.26 Å². The second kappa shape index (κ2) is 8.25. The van der Waals surface area contributed by atoms with E-state index in [0.717, 1.165) is 55.9 Å². The molecule has 1 atom stereocenters. The number of nitriles is 1. The van der Waals surface area contributed by atoms with Crippen molar-refractivity contribution in [2.75, 3.05) is 18.4 Å². The van der Waals surface area contributed by atoms with Gasteiger partial charge in [-0.3, -0.25) is 9.69 Å². The summed E-state index contributed by atoms with van der Waals surface area (Å²) < 4.78 is 6.14. The maximum Gasteiger partial charge on any atom is 0.232 e. The molecule has 1 amide bonds. The van der Waals surface area contributed by atoms with Crippen LogP contribution in [-0.4, -0.2) is 40.0 Å². The van der Waals surface area contributed by atoms with Crippen molar-refractivity contribution in [1.82, 2.24) is 14.9 Å². The van der Waals surface area contributed by atoms with Crippen LogP contribution < -0.4 is 10.1 Å². The normalized spacial score (nSPS) is 19.1. The number of likely N-dealkylation sites (tertiary alicyclic amines) is 1. The van der Waals surface area contributed by atoms with Gasteiger partial charge in [0.25, 0.3) is 0 Å². The van der Waals surface area contributed by atoms with Crippen molar-refractivity contribution in [3.8, 4) is 11.9 Å². The number of hydrogen-bond acceptors (Lipinski definition) is 7. The molecule has 0 saturated carbocycles. The Kier molecular flexibility index (Phi) is 5.55. The van der Waals surface area contributed by atoms with Gasteiger partial charge in [0.05, 0.1) is 0 Å². The Labute approximate surface area is 168 Å². The predicted molar refractivity (Wildman–Crippen MR) is 106 cm³/mol. The van der Waals surface area contributed by atoms with Crippen molar-refractivity contribution in [3.63, 3.8) is 0 Å². The van der Waals surface area contributed by atoms with Gasteiger partial charge in [0.2, 0.25) is 11.8 Å². The van der Waals surface area contributed by atoms with Crippen LogP contribution in [0.3, 0.4) is 0 Å². The van der Waals surface area contributed by atoms with Crippen molar-refractivity contribution in [1.29, 1.82) is 5.26 Å². The van der Waals surface area contributed by atoms with Crippen LogP contribution in [0.4, 0.5) is 5.13 Å². The van der Waals surface area contributed by atoms with E-state index in [9.17, 15) is 10.1 Å². The number of thiazole rings is 1. The van der Waals surface area contributed by atoms with Crippen molar-refractivity contribution in [3.05, 3.63) is 34.0 Å². The van der Waals surface area contributed by atoms with Crippen LogP contribution in [0.1, 0.15) is 47.9 Å². The van der Waals surface area contributed by atoms with Crippen molar-refractivity contribution in [2.45, 2.75) is 51.7 Å². The molecule has 1 saturated heterocycles. The van der Waals surface area contributed by atoms with Gasteiger partial charge in [-0.25, -0.2) is 9.97 Å². The Morgan fingerprint density at radius 1 is 1.46 bits per heavy atom. The molecule has 1 fully saturated rings. The SMILES string of the molecule is CC(=O)Nc1ncc(CN2CC[C@@H](Oc3nc4c(cc3C#N)CCCC4)C2)s1. The highest BCUT2D eigenvalue weighted by molar-refractivity contribution is 7.15. The molecule has 1 aliphatic heterocycles. The molecule has 0 aromatic carbocycles. The summed E-state index contributed by atoms with van der Waals surface area (Å²) >= 11 is 1.49. The standard InChI is InChI=1S/C20H23N5O2S/c1-13(26)23-20-22-10-17(28-20)12-25-7-6-16(11-25)27-19-15(9-21)8-14-4-2-3-5-18(14)24-19/h8,10,16H,2-7,11-12H2,1H3,(H,22,23,26)/t16-/m1/s1. The van der Waals surface area contributed by atoms with E-state index >= 15 is 0 Å². The first-order valence-electron chi connectivity index (χ1n) is 9.65. The maximum atomic E-state index is 11.1. The number of pyridine rings is 1. The molecule has 2 aromatic heterocycles. The summed E-state index contributed by atoms with van der Waals surface area (Å²) in [4.78, 5) is 23.4. The number of carbonyl (C=O) groups is 1. The first-order chi connectivity index (χ1) is 13.6. The van der Waals surface area contributed by atoms with E-state index in [2.05, 4.69) is 26.3 Å². The molecule has 4 rings (SSSR count). The van der Waals surface area contributed by atoms with Crippen LogP contribution in [0.25, 0.3) is 0 Å². The number of nitrogens with zero attached hydrogens (tertiary/aromatic N) is 4. The van der Waals surface area contributed by atoms with Gasteiger partial charge in [-0.05, 0) is 43.7 Å². The summed E-state index contributed by atoms with van der Waals surface area (Å²) in [6, 6.07) is 4.21. The highest BCUT2D eigenvalue weighted by Crippen LogP contribution is 2.28. The molecule has 8 heteroatoms.